The van der Waals surface area contributed by atoms with Gasteiger partial charge in [0.1, 0.15) is 5.82 Å². The van der Waals surface area contributed by atoms with Crippen molar-refractivity contribution in [3.8, 4) is 0 Å². The molecule has 0 aromatic heterocycles. The molecule has 0 fully saturated rings. The molecule has 28 heavy (non-hydrogen) atoms. The first-order chi connectivity index (χ1) is 13.1. The van der Waals surface area contributed by atoms with Crippen LogP contribution < -0.4 is 16.0 Å². The van der Waals surface area contributed by atoms with Crippen molar-refractivity contribution in [2.45, 2.75) is 39.8 Å². The summed E-state index contributed by atoms with van der Waals surface area (Å²) >= 11 is 0. The number of halogens is 2. The Hall–Kier alpha value is -2.16. The van der Waals surface area contributed by atoms with Crippen molar-refractivity contribution in [1.29, 1.82) is 0 Å². The second kappa shape index (κ2) is 13.1. The van der Waals surface area contributed by atoms with E-state index in [1.54, 1.807) is 12.1 Å². The minimum Gasteiger partial charge on any atom is -0.357 e. The third-order valence-electron chi connectivity index (χ3n) is 3.86. The van der Waals surface area contributed by atoms with Crippen molar-refractivity contribution in [3.63, 3.8) is 0 Å². The van der Waals surface area contributed by atoms with Gasteiger partial charge in [0, 0.05) is 30.8 Å². The van der Waals surface area contributed by atoms with Crippen molar-refractivity contribution in [2.24, 2.45) is 4.99 Å². The molecule has 0 radical (unpaired) electrons. The van der Waals surface area contributed by atoms with Crippen LogP contribution in [0.1, 0.15) is 37.8 Å². The molecule has 2 aromatic rings. The average molecular weight is 498 g/mol. The summed E-state index contributed by atoms with van der Waals surface area (Å²) in [5, 5.41) is 9.18. The maximum atomic E-state index is 13.7. The first kappa shape index (κ1) is 23.9. The number of carbonyl (C=O) groups excluding carboxylic acids is 1. The molecular formula is C21H28FIN4O. The second-order valence-corrected chi connectivity index (χ2v) is 6.14. The van der Waals surface area contributed by atoms with Crippen LogP contribution in [0, 0.1) is 5.82 Å². The van der Waals surface area contributed by atoms with Crippen molar-refractivity contribution >= 4 is 41.5 Å². The molecule has 3 N–H and O–H groups in total. The number of benzene rings is 2. The predicted molar refractivity (Wildman–Crippen MR) is 123 cm³/mol. The van der Waals surface area contributed by atoms with Gasteiger partial charge >= 0.3 is 0 Å². The minimum atomic E-state index is -0.239. The maximum Gasteiger partial charge on any atom is 0.224 e. The van der Waals surface area contributed by atoms with Gasteiger partial charge in [0.25, 0.3) is 0 Å². The van der Waals surface area contributed by atoms with E-state index in [-0.39, 0.29) is 35.7 Å². The monoisotopic (exact) mass is 498 g/mol. The highest BCUT2D eigenvalue weighted by atomic mass is 127. The number of guanidine groups is 1. The molecule has 0 bridgehead atoms. The molecule has 7 heteroatoms. The van der Waals surface area contributed by atoms with Gasteiger partial charge in [0.05, 0.1) is 6.54 Å². The Balaban J connectivity index is 0.00000392. The average Bonchev–Trinajstić information content (AvgIpc) is 2.65. The van der Waals surface area contributed by atoms with Crippen molar-refractivity contribution in [1.82, 2.24) is 10.6 Å². The van der Waals surface area contributed by atoms with E-state index in [1.165, 1.54) is 6.07 Å². The molecule has 2 rings (SSSR count). The van der Waals surface area contributed by atoms with Crippen LogP contribution in [0.25, 0.3) is 0 Å². The number of hydrogen-bond donors (Lipinski definition) is 3. The van der Waals surface area contributed by atoms with Crippen LogP contribution in [-0.4, -0.2) is 18.4 Å². The third kappa shape index (κ3) is 8.24. The Morgan fingerprint density at radius 2 is 1.86 bits per heavy atom. The fraction of sp³-hybridized carbons (Fsp3) is 0.333. The smallest absolute Gasteiger partial charge is 0.224 e. The molecular weight excluding hydrogens is 470 g/mol. The first-order valence-corrected chi connectivity index (χ1v) is 9.26. The lowest BCUT2D eigenvalue weighted by Gasteiger charge is -2.12. The highest BCUT2D eigenvalue weighted by Gasteiger charge is 2.04. The van der Waals surface area contributed by atoms with Gasteiger partial charge < -0.3 is 16.0 Å². The molecule has 0 heterocycles. The zero-order chi connectivity index (χ0) is 19.5. The molecule has 0 spiro atoms. The topological polar surface area (TPSA) is 65.5 Å². The molecule has 1 amide bonds. The molecule has 0 saturated carbocycles. The lowest BCUT2D eigenvalue weighted by Crippen LogP contribution is -2.37. The molecule has 0 aliphatic heterocycles. The van der Waals surface area contributed by atoms with Gasteiger partial charge in [-0.2, -0.15) is 0 Å². The first-order valence-electron chi connectivity index (χ1n) is 9.26. The Morgan fingerprint density at radius 1 is 1.07 bits per heavy atom. The molecule has 2 aromatic carbocycles. The predicted octanol–water partition coefficient (Wildman–Crippen LogP) is 4.44. The SMILES string of the molecule is CCCC(=O)Nc1cccc(CN=C(NCC)NCc2ccccc2F)c1.I. The van der Waals surface area contributed by atoms with E-state index >= 15 is 0 Å². The van der Waals surface area contributed by atoms with E-state index in [9.17, 15) is 9.18 Å². The molecule has 0 saturated heterocycles. The molecule has 0 aliphatic carbocycles. The Labute approximate surface area is 183 Å². The van der Waals surface area contributed by atoms with Gasteiger partial charge in [0.15, 0.2) is 5.96 Å². The summed E-state index contributed by atoms with van der Waals surface area (Å²) in [5.41, 5.74) is 2.33. The summed E-state index contributed by atoms with van der Waals surface area (Å²) in [7, 11) is 0. The number of aliphatic imine (C=N–C) groups is 1. The van der Waals surface area contributed by atoms with Crippen LogP contribution in [0.4, 0.5) is 10.1 Å². The van der Waals surface area contributed by atoms with Crippen LogP contribution in [0.3, 0.4) is 0 Å². The summed E-state index contributed by atoms with van der Waals surface area (Å²) in [6, 6.07) is 14.3. The van der Waals surface area contributed by atoms with Gasteiger partial charge in [-0.1, -0.05) is 37.3 Å². The van der Waals surface area contributed by atoms with Gasteiger partial charge in [-0.05, 0) is 37.1 Å². The lowest BCUT2D eigenvalue weighted by atomic mass is 10.2. The Kier molecular flexibility index (Phi) is 11.2. The van der Waals surface area contributed by atoms with E-state index in [2.05, 4.69) is 20.9 Å². The van der Waals surface area contributed by atoms with Gasteiger partial charge in [-0.25, -0.2) is 9.38 Å². The van der Waals surface area contributed by atoms with Gasteiger partial charge in [-0.3, -0.25) is 4.79 Å². The fourth-order valence-corrected chi connectivity index (χ4v) is 2.53. The second-order valence-electron chi connectivity index (χ2n) is 6.14. The number of hydrogen-bond acceptors (Lipinski definition) is 2. The maximum absolute atomic E-state index is 13.7. The van der Waals surface area contributed by atoms with Crippen LogP contribution >= 0.6 is 24.0 Å². The molecule has 0 unspecified atom stereocenters. The lowest BCUT2D eigenvalue weighted by molar-refractivity contribution is -0.116. The van der Waals surface area contributed by atoms with Crippen molar-refractivity contribution in [3.05, 3.63) is 65.5 Å². The van der Waals surface area contributed by atoms with Crippen molar-refractivity contribution in [2.75, 3.05) is 11.9 Å². The highest BCUT2D eigenvalue weighted by molar-refractivity contribution is 14.0. The van der Waals surface area contributed by atoms with Gasteiger partial charge in [0.2, 0.25) is 5.91 Å². The molecule has 5 nitrogen and oxygen atoms in total. The molecule has 152 valence electrons. The zero-order valence-electron chi connectivity index (χ0n) is 16.3. The summed E-state index contributed by atoms with van der Waals surface area (Å²) in [4.78, 5) is 16.3. The van der Waals surface area contributed by atoms with Gasteiger partial charge in [-0.15, -0.1) is 24.0 Å². The number of nitrogens with one attached hydrogen (secondary N) is 3. The number of amides is 1. The van der Waals surface area contributed by atoms with Crippen LogP contribution in [0.15, 0.2) is 53.5 Å². The quantitative estimate of drug-likeness (QED) is 0.287. The van der Waals surface area contributed by atoms with E-state index < -0.39 is 0 Å². The summed E-state index contributed by atoms with van der Waals surface area (Å²) in [6.07, 6.45) is 1.32. The summed E-state index contributed by atoms with van der Waals surface area (Å²) in [5.74, 6) is 0.385. The van der Waals surface area contributed by atoms with E-state index in [0.717, 1.165) is 17.7 Å². The summed E-state index contributed by atoms with van der Waals surface area (Å²) < 4.78 is 13.7. The standard InChI is InChI=1S/C21H27FN4O.HI/c1-3-8-20(27)26-18-11-7-9-16(13-18)14-24-21(23-4-2)25-15-17-10-5-6-12-19(17)22;/h5-7,9-13H,3-4,8,14-15H2,1-2H3,(H,26,27)(H2,23,24,25);1H. The number of carbonyl (C=O) groups is 1. The Morgan fingerprint density at radius 3 is 2.57 bits per heavy atom. The third-order valence-corrected chi connectivity index (χ3v) is 3.86. The number of nitrogens with zero attached hydrogens (tertiary/aromatic N) is 1. The number of rotatable bonds is 8. The van der Waals surface area contributed by atoms with Crippen LogP contribution in [-0.2, 0) is 17.9 Å². The molecule has 0 aliphatic rings. The number of anilines is 1. The van der Waals surface area contributed by atoms with E-state index in [1.807, 2.05) is 44.2 Å². The normalized spacial score (nSPS) is 10.8. The van der Waals surface area contributed by atoms with Crippen LogP contribution in [0.2, 0.25) is 0 Å². The minimum absolute atomic E-state index is 0. The van der Waals surface area contributed by atoms with Crippen LogP contribution in [0.5, 0.6) is 0 Å². The zero-order valence-corrected chi connectivity index (χ0v) is 18.6. The highest BCUT2D eigenvalue weighted by Crippen LogP contribution is 2.12. The van der Waals surface area contributed by atoms with E-state index in [4.69, 9.17) is 0 Å². The fourth-order valence-electron chi connectivity index (χ4n) is 2.53. The molecule has 0 atom stereocenters. The Bertz CT molecular complexity index is 783. The van der Waals surface area contributed by atoms with E-state index in [0.29, 0.717) is 37.6 Å². The van der Waals surface area contributed by atoms with Crippen molar-refractivity contribution < 1.29 is 9.18 Å². The summed E-state index contributed by atoms with van der Waals surface area (Å²) in [6.45, 7) is 5.46. The largest absolute Gasteiger partial charge is 0.357 e.